The molecule has 1 aliphatic rings. The highest BCUT2D eigenvalue weighted by molar-refractivity contribution is 5.89. The maximum atomic E-state index is 12.0. The van der Waals surface area contributed by atoms with Crippen molar-refractivity contribution in [2.75, 3.05) is 33.5 Å². The van der Waals surface area contributed by atoms with E-state index in [1.807, 2.05) is 6.92 Å². The molecule has 0 saturated heterocycles. The van der Waals surface area contributed by atoms with Crippen LogP contribution in [0.3, 0.4) is 0 Å². The van der Waals surface area contributed by atoms with Crippen LogP contribution in [0.25, 0.3) is 0 Å². The van der Waals surface area contributed by atoms with Crippen molar-refractivity contribution in [1.29, 1.82) is 0 Å². The van der Waals surface area contributed by atoms with Crippen LogP contribution < -0.4 is 5.32 Å². The number of carboxylic acid groups (broad SMARTS) is 1. The molecule has 0 bridgehead atoms. The minimum absolute atomic E-state index is 0.119. The molecule has 0 aromatic heterocycles. The van der Waals surface area contributed by atoms with Crippen molar-refractivity contribution >= 4 is 11.9 Å². The molecule has 0 aromatic carbocycles. The van der Waals surface area contributed by atoms with Crippen LogP contribution in [0.2, 0.25) is 0 Å². The van der Waals surface area contributed by atoms with Gasteiger partial charge in [-0.1, -0.05) is 13.8 Å². The number of aliphatic carboxylic acids is 1. The maximum absolute atomic E-state index is 12.0. The van der Waals surface area contributed by atoms with Gasteiger partial charge in [0.05, 0.1) is 25.9 Å². The van der Waals surface area contributed by atoms with Crippen LogP contribution in [-0.2, 0) is 23.8 Å². The number of nitrogens with one attached hydrogen (secondary N) is 1. The number of ether oxygens (including phenoxy) is 3. The molecule has 7 heteroatoms. The minimum atomic E-state index is -1.28. The Morgan fingerprint density at radius 2 is 1.95 bits per heavy atom. The van der Waals surface area contributed by atoms with E-state index in [1.165, 1.54) is 0 Å². The molecular formula is C15H27NO6. The lowest BCUT2D eigenvalue weighted by Crippen LogP contribution is -2.76. The van der Waals surface area contributed by atoms with Gasteiger partial charge in [-0.05, 0) is 6.92 Å². The summed E-state index contributed by atoms with van der Waals surface area (Å²) < 4.78 is 15.6. The van der Waals surface area contributed by atoms with E-state index in [-0.39, 0.29) is 31.5 Å². The van der Waals surface area contributed by atoms with Gasteiger partial charge in [-0.3, -0.25) is 4.79 Å². The molecule has 1 saturated carbocycles. The van der Waals surface area contributed by atoms with Crippen LogP contribution in [0.4, 0.5) is 0 Å². The Hall–Kier alpha value is -1.18. The predicted octanol–water partition coefficient (Wildman–Crippen LogP) is 0.814. The molecule has 1 rings (SSSR count). The first-order valence-electron chi connectivity index (χ1n) is 7.54. The lowest BCUT2D eigenvalue weighted by atomic mass is 9.54. The average Bonchev–Trinajstić information content (AvgIpc) is 2.45. The third kappa shape index (κ3) is 3.77. The first kappa shape index (κ1) is 18.9. The number of rotatable bonds is 10. The summed E-state index contributed by atoms with van der Waals surface area (Å²) in [4.78, 5) is 23.7. The molecule has 7 nitrogen and oxygen atoms in total. The van der Waals surface area contributed by atoms with E-state index in [0.29, 0.717) is 19.8 Å². The van der Waals surface area contributed by atoms with Gasteiger partial charge >= 0.3 is 5.97 Å². The molecule has 2 unspecified atom stereocenters. The molecule has 2 N–H and O–H groups in total. The van der Waals surface area contributed by atoms with E-state index in [0.717, 1.165) is 0 Å². The second kappa shape index (κ2) is 7.89. The fraction of sp³-hybridized carbons (Fsp3) is 0.867. The number of carboxylic acids is 1. The quantitative estimate of drug-likeness (QED) is 0.579. The van der Waals surface area contributed by atoms with Crippen molar-refractivity contribution in [1.82, 2.24) is 5.32 Å². The Bertz CT molecular complexity index is 397. The van der Waals surface area contributed by atoms with Crippen LogP contribution in [-0.4, -0.2) is 62.2 Å². The highest BCUT2D eigenvalue weighted by Gasteiger charge is 2.66. The minimum Gasteiger partial charge on any atom is -0.479 e. The molecular weight excluding hydrogens is 290 g/mol. The molecule has 0 spiro atoms. The molecule has 0 aliphatic heterocycles. The average molecular weight is 317 g/mol. The zero-order chi connectivity index (χ0) is 16.8. The molecule has 1 aliphatic carbocycles. The van der Waals surface area contributed by atoms with E-state index in [9.17, 15) is 14.7 Å². The van der Waals surface area contributed by atoms with Crippen molar-refractivity contribution in [2.24, 2.45) is 5.41 Å². The zero-order valence-corrected chi connectivity index (χ0v) is 13.8. The van der Waals surface area contributed by atoms with Crippen LogP contribution in [0.1, 0.15) is 33.6 Å². The Labute approximate surface area is 131 Å². The van der Waals surface area contributed by atoms with E-state index in [4.69, 9.17) is 14.2 Å². The number of hydrogen-bond acceptors (Lipinski definition) is 5. The number of methoxy groups -OCH3 is 1. The molecule has 2 atom stereocenters. The van der Waals surface area contributed by atoms with Crippen molar-refractivity contribution in [3.05, 3.63) is 0 Å². The molecule has 1 fully saturated rings. The normalized spacial score (nSPS) is 26.3. The van der Waals surface area contributed by atoms with E-state index in [1.54, 1.807) is 21.0 Å². The van der Waals surface area contributed by atoms with Gasteiger partial charge in [0.15, 0.2) is 0 Å². The van der Waals surface area contributed by atoms with Crippen LogP contribution >= 0.6 is 0 Å². The lowest BCUT2D eigenvalue weighted by molar-refractivity contribution is -0.194. The standard InChI is InChI=1S/C15H27NO6/c1-5-22-11-10-15(13(18)19,14(11,2)3)16-12(17)6-7-21-9-8-20-4/h11H,5-10H2,1-4H3,(H,16,17)(H,18,19). The largest absolute Gasteiger partial charge is 0.479 e. The second-order valence-corrected chi connectivity index (χ2v) is 5.98. The van der Waals surface area contributed by atoms with Crippen molar-refractivity contribution in [2.45, 2.75) is 45.3 Å². The van der Waals surface area contributed by atoms with Crippen molar-refractivity contribution < 1.29 is 28.9 Å². The summed E-state index contributed by atoms with van der Waals surface area (Å²) in [6, 6.07) is 0. The van der Waals surface area contributed by atoms with E-state index >= 15 is 0 Å². The zero-order valence-electron chi connectivity index (χ0n) is 13.8. The molecule has 22 heavy (non-hydrogen) atoms. The summed E-state index contributed by atoms with van der Waals surface area (Å²) >= 11 is 0. The predicted molar refractivity (Wildman–Crippen MR) is 79.6 cm³/mol. The van der Waals surface area contributed by atoms with Crippen LogP contribution in [0, 0.1) is 5.41 Å². The van der Waals surface area contributed by atoms with Gasteiger partial charge in [0.25, 0.3) is 0 Å². The third-order valence-electron chi connectivity index (χ3n) is 4.39. The van der Waals surface area contributed by atoms with Gasteiger partial charge in [0.2, 0.25) is 5.91 Å². The van der Waals surface area contributed by atoms with Crippen molar-refractivity contribution in [3.8, 4) is 0 Å². The SMILES string of the molecule is CCOC1CC(NC(=O)CCOCCOC)(C(=O)O)C1(C)C. The summed E-state index contributed by atoms with van der Waals surface area (Å²) in [5.41, 5.74) is -1.95. The van der Waals surface area contributed by atoms with Crippen molar-refractivity contribution in [3.63, 3.8) is 0 Å². The Morgan fingerprint density at radius 1 is 1.27 bits per heavy atom. The Kier molecular flexibility index (Phi) is 6.77. The lowest BCUT2D eigenvalue weighted by Gasteiger charge is -2.58. The first-order valence-corrected chi connectivity index (χ1v) is 7.54. The highest BCUT2D eigenvalue weighted by atomic mass is 16.5. The van der Waals surface area contributed by atoms with E-state index in [2.05, 4.69) is 5.32 Å². The van der Waals surface area contributed by atoms with Gasteiger partial charge in [-0.25, -0.2) is 4.79 Å². The van der Waals surface area contributed by atoms with Gasteiger partial charge < -0.3 is 24.6 Å². The van der Waals surface area contributed by atoms with Gasteiger partial charge in [0.1, 0.15) is 5.54 Å². The number of carbonyl (C=O) groups excluding carboxylic acids is 1. The molecule has 128 valence electrons. The number of hydrogen-bond donors (Lipinski definition) is 2. The molecule has 0 heterocycles. The second-order valence-electron chi connectivity index (χ2n) is 5.98. The summed E-state index contributed by atoms with van der Waals surface area (Å²) in [7, 11) is 1.57. The summed E-state index contributed by atoms with van der Waals surface area (Å²) in [5.74, 6) is -1.36. The van der Waals surface area contributed by atoms with Gasteiger partial charge in [-0.15, -0.1) is 0 Å². The van der Waals surface area contributed by atoms with Crippen LogP contribution in [0.5, 0.6) is 0 Å². The highest BCUT2D eigenvalue weighted by Crippen LogP contribution is 2.51. The third-order valence-corrected chi connectivity index (χ3v) is 4.39. The number of amides is 1. The molecule has 0 aromatic rings. The summed E-state index contributed by atoms with van der Waals surface area (Å²) in [6.07, 6.45) is 0.222. The van der Waals surface area contributed by atoms with Gasteiger partial charge in [-0.2, -0.15) is 0 Å². The Balaban J connectivity index is 2.55. The maximum Gasteiger partial charge on any atom is 0.330 e. The molecule has 1 amide bonds. The Morgan fingerprint density at radius 3 is 2.45 bits per heavy atom. The fourth-order valence-electron chi connectivity index (χ4n) is 2.75. The number of carbonyl (C=O) groups is 2. The van der Waals surface area contributed by atoms with E-state index < -0.39 is 16.9 Å². The smallest absolute Gasteiger partial charge is 0.330 e. The monoisotopic (exact) mass is 317 g/mol. The first-order chi connectivity index (χ1) is 10.3. The topological polar surface area (TPSA) is 94.1 Å². The van der Waals surface area contributed by atoms with Gasteiger partial charge in [0, 0.05) is 32.0 Å². The summed E-state index contributed by atoms with van der Waals surface area (Å²) in [5, 5.41) is 12.2. The molecule has 0 radical (unpaired) electrons. The fourth-order valence-corrected chi connectivity index (χ4v) is 2.75. The summed E-state index contributed by atoms with van der Waals surface area (Å²) in [6.45, 7) is 7.11. The van der Waals surface area contributed by atoms with Crippen LogP contribution in [0.15, 0.2) is 0 Å².